The van der Waals surface area contributed by atoms with Crippen molar-refractivity contribution in [2.45, 2.75) is 44.8 Å². The summed E-state index contributed by atoms with van der Waals surface area (Å²) in [6.45, 7) is 2.55. The minimum Gasteiger partial charge on any atom is -0.465 e. The third-order valence-electron chi connectivity index (χ3n) is 2.85. The third-order valence-corrected chi connectivity index (χ3v) is 2.85. The lowest BCUT2D eigenvalue weighted by atomic mass is 10.2. The number of aliphatic hydroxyl groups is 2. The van der Waals surface area contributed by atoms with E-state index in [0.717, 1.165) is 25.7 Å². The number of unbranched alkanes of at least 4 members (excludes halogenated alkanes) is 3. The summed E-state index contributed by atoms with van der Waals surface area (Å²) in [6.07, 6.45) is 1.36. The topological polar surface area (TPSA) is 116 Å². The van der Waals surface area contributed by atoms with Gasteiger partial charge in [-0.15, -0.1) is 0 Å². The first-order valence-electron chi connectivity index (χ1n) is 7.09. The lowest BCUT2D eigenvalue weighted by Crippen LogP contribution is -2.40. The van der Waals surface area contributed by atoms with Gasteiger partial charge in [0.1, 0.15) is 0 Å². The number of hydrogen-bond acceptors (Lipinski definition) is 5. The fourth-order valence-corrected chi connectivity index (χ4v) is 1.75. The number of carboxylic acid groups (broad SMARTS) is 1. The largest absolute Gasteiger partial charge is 0.465 e. The van der Waals surface area contributed by atoms with Crippen molar-refractivity contribution in [3.63, 3.8) is 0 Å². The quantitative estimate of drug-likeness (QED) is 0.383. The summed E-state index contributed by atoms with van der Waals surface area (Å²) in [6, 6.07) is 0. The number of amides is 1. The predicted octanol–water partition coefficient (Wildman–Crippen LogP) is 0.244. The van der Waals surface area contributed by atoms with Gasteiger partial charge in [0.25, 0.3) is 0 Å². The van der Waals surface area contributed by atoms with Gasteiger partial charge >= 0.3 is 6.09 Å². The van der Waals surface area contributed by atoms with E-state index in [-0.39, 0.29) is 19.8 Å². The van der Waals surface area contributed by atoms with Crippen molar-refractivity contribution < 1.29 is 24.9 Å². The maximum atomic E-state index is 11.1. The number of nitrogens with zero attached hydrogens (tertiary/aromatic N) is 1. The molecular weight excluding hydrogens is 264 g/mol. The van der Waals surface area contributed by atoms with Crippen LogP contribution in [0.15, 0.2) is 0 Å². The van der Waals surface area contributed by atoms with Crippen LogP contribution in [0.25, 0.3) is 0 Å². The highest BCUT2D eigenvalue weighted by Gasteiger charge is 2.18. The summed E-state index contributed by atoms with van der Waals surface area (Å²) in [5, 5.41) is 27.4. The molecule has 120 valence electrons. The van der Waals surface area contributed by atoms with Crippen LogP contribution in [0, 0.1) is 0 Å². The monoisotopic (exact) mass is 292 g/mol. The molecule has 5 N–H and O–H groups in total. The van der Waals surface area contributed by atoms with Gasteiger partial charge in [-0.3, -0.25) is 0 Å². The number of rotatable bonds is 12. The Morgan fingerprint density at radius 2 is 1.95 bits per heavy atom. The number of hydrogen-bond donors (Lipinski definition) is 4. The molecule has 7 nitrogen and oxygen atoms in total. The van der Waals surface area contributed by atoms with Gasteiger partial charge in [-0.05, 0) is 26.3 Å². The number of ether oxygens (including phenoxy) is 1. The van der Waals surface area contributed by atoms with E-state index in [4.69, 9.17) is 20.7 Å². The van der Waals surface area contributed by atoms with Crippen LogP contribution in [0.4, 0.5) is 4.79 Å². The smallest absolute Gasteiger partial charge is 0.407 e. The maximum Gasteiger partial charge on any atom is 0.407 e. The van der Waals surface area contributed by atoms with Crippen LogP contribution in [0.1, 0.15) is 32.6 Å². The fourth-order valence-electron chi connectivity index (χ4n) is 1.75. The molecule has 0 aromatic rings. The number of carbonyl (C=O) groups is 1. The number of nitrogens with two attached hydrogens (primary N) is 1. The van der Waals surface area contributed by atoms with Gasteiger partial charge < -0.3 is 30.7 Å². The molecule has 2 atom stereocenters. The molecular formula is C13H28N2O5. The van der Waals surface area contributed by atoms with E-state index in [1.165, 1.54) is 4.90 Å². The van der Waals surface area contributed by atoms with Gasteiger partial charge in [0, 0.05) is 6.54 Å². The lowest BCUT2D eigenvalue weighted by Gasteiger charge is -2.25. The molecule has 1 amide bonds. The molecule has 0 aliphatic rings. The molecule has 0 aliphatic heterocycles. The predicted molar refractivity (Wildman–Crippen MR) is 75.6 cm³/mol. The average Bonchev–Trinajstić information content (AvgIpc) is 2.40. The molecule has 0 rings (SSSR count). The Bertz CT molecular complexity index is 251. The molecule has 0 saturated heterocycles. The Morgan fingerprint density at radius 3 is 2.45 bits per heavy atom. The molecule has 0 aliphatic carbocycles. The van der Waals surface area contributed by atoms with E-state index >= 15 is 0 Å². The fraction of sp³-hybridized carbons (Fsp3) is 0.923. The van der Waals surface area contributed by atoms with E-state index in [9.17, 15) is 9.90 Å². The molecule has 2 unspecified atom stereocenters. The van der Waals surface area contributed by atoms with Crippen molar-refractivity contribution in [1.29, 1.82) is 0 Å². The van der Waals surface area contributed by atoms with Crippen LogP contribution in [0.2, 0.25) is 0 Å². The Kier molecular flexibility index (Phi) is 11.4. The molecule has 0 aromatic heterocycles. The van der Waals surface area contributed by atoms with E-state index in [1.807, 2.05) is 0 Å². The third kappa shape index (κ3) is 9.96. The second-order valence-corrected chi connectivity index (χ2v) is 4.92. The minimum atomic E-state index is -1.03. The molecule has 0 saturated carbocycles. The van der Waals surface area contributed by atoms with Gasteiger partial charge in [0.15, 0.2) is 0 Å². The van der Waals surface area contributed by atoms with Gasteiger partial charge in [-0.1, -0.05) is 12.8 Å². The van der Waals surface area contributed by atoms with Crippen molar-refractivity contribution in [2.24, 2.45) is 5.73 Å². The van der Waals surface area contributed by atoms with Crippen molar-refractivity contribution in [1.82, 2.24) is 4.90 Å². The van der Waals surface area contributed by atoms with E-state index in [1.54, 1.807) is 6.92 Å². The Morgan fingerprint density at radius 1 is 1.30 bits per heavy atom. The van der Waals surface area contributed by atoms with Gasteiger partial charge in [0.05, 0.1) is 32.0 Å². The van der Waals surface area contributed by atoms with E-state index in [0.29, 0.717) is 13.1 Å². The first kappa shape index (κ1) is 19.1. The molecule has 0 heterocycles. The van der Waals surface area contributed by atoms with Gasteiger partial charge in [0.2, 0.25) is 0 Å². The summed E-state index contributed by atoms with van der Waals surface area (Å²) >= 11 is 0. The second kappa shape index (κ2) is 11.9. The van der Waals surface area contributed by atoms with Crippen molar-refractivity contribution in [3.8, 4) is 0 Å². The van der Waals surface area contributed by atoms with E-state index < -0.39 is 18.3 Å². The first-order chi connectivity index (χ1) is 9.51. The highest BCUT2D eigenvalue weighted by atomic mass is 16.5. The molecule has 0 aromatic carbocycles. The highest BCUT2D eigenvalue weighted by Crippen LogP contribution is 2.04. The van der Waals surface area contributed by atoms with Crippen LogP contribution in [0.3, 0.4) is 0 Å². The van der Waals surface area contributed by atoms with Crippen molar-refractivity contribution >= 4 is 6.09 Å². The maximum absolute atomic E-state index is 11.1. The molecule has 20 heavy (non-hydrogen) atoms. The molecule has 7 heteroatoms. The zero-order valence-corrected chi connectivity index (χ0v) is 12.2. The minimum absolute atomic E-state index is 0.0786. The molecule has 0 spiro atoms. The zero-order valence-electron chi connectivity index (χ0n) is 12.2. The highest BCUT2D eigenvalue weighted by molar-refractivity contribution is 5.64. The van der Waals surface area contributed by atoms with Crippen LogP contribution in [-0.2, 0) is 4.74 Å². The van der Waals surface area contributed by atoms with Gasteiger partial charge in [-0.25, -0.2) is 4.79 Å². The second-order valence-electron chi connectivity index (χ2n) is 4.92. The summed E-state index contributed by atoms with van der Waals surface area (Å²) in [5.41, 5.74) is 5.39. The van der Waals surface area contributed by atoms with Crippen molar-refractivity contribution in [3.05, 3.63) is 0 Å². The molecule has 0 bridgehead atoms. The van der Waals surface area contributed by atoms with Crippen LogP contribution in [-0.4, -0.2) is 71.4 Å². The van der Waals surface area contributed by atoms with Crippen LogP contribution in [0.5, 0.6) is 0 Å². The molecule has 0 fully saturated rings. The zero-order chi connectivity index (χ0) is 15.4. The standard InChI is InChI=1S/C13H28N2O5/c1-11(17)10-20-12(9-16)8-15(13(18)19)7-5-3-2-4-6-14/h11-12,16-17H,2-10,14H2,1H3,(H,18,19). The average molecular weight is 292 g/mol. The summed E-state index contributed by atoms with van der Waals surface area (Å²) in [7, 11) is 0. The molecule has 0 radical (unpaired) electrons. The Hall–Kier alpha value is -0.890. The Labute approximate surface area is 120 Å². The van der Waals surface area contributed by atoms with Gasteiger partial charge in [-0.2, -0.15) is 0 Å². The summed E-state index contributed by atoms with van der Waals surface area (Å²) in [4.78, 5) is 12.4. The normalized spacial score (nSPS) is 14.0. The van der Waals surface area contributed by atoms with Crippen molar-refractivity contribution in [2.75, 3.05) is 32.8 Å². The SMILES string of the molecule is CC(O)COC(CO)CN(CCCCCCN)C(=O)O. The first-order valence-corrected chi connectivity index (χ1v) is 7.09. The van der Waals surface area contributed by atoms with Crippen LogP contribution >= 0.6 is 0 Å². The summed E-state index contributed by atoms with van der Waals surface area (Å²) < 4.78 is 5.26. The number of aliphatic hydroxyl groups excluding tert-OH is 2. The Balaban J connectivity index is 4.06. The van der Waals surface area contributed by atoms with Crippen LogP contribution < -0.4 is 5.73 Å². The van der Waals surface area contributed by atoms with E-state index in [2.05, 4.69) is 0 Å². The lowest BCUT2D eigenvalue weighted by molar-refractivity contribution is -0.0382. The summed E-state index contributed by atoms with van der Waals surface area (Å²) in [5.74, 6) is 0.